The van der Waals surface area contributed by atoms with Crippen LogP contribution in [0.1, 0.15) is 44.9 Å². The van der Waals surface area contributed by atoms with Crippen LogP contribution in [0.2, 0.25) is 0 Å². The second kappa shape index (κ2) is 8.47. The van der Waals surface area contributed by atoms with E-state index in [0.29, 0.717) is 25.4 Å². The number of hydrogen-bond donors (Lipinski definition) is 3. The highest BCUT2D eigenvalue weighted by atomic mass is 35.5. The van der Waals surface area contributed by atoms with Crippen molar-refractivity contribution in [2.45, 2.75) is 51.0 Å². The molecule has 4 N–H and O–H groups in total. The first-order chi connectivity index (χ1) is 9.16. The van der Waals surface area contributed by atoms with E-state index in [0.717, 1.165) is 25.7 Å². The van der Waals surface area contributed by atoms with Crippen LogP contribution in [-0.4, -0.2) is 30.9 Å². The lowest BCUT2D eigenvalue weighted by Crippen LogP contribution is -2.39. The Labute approximate surface area is 126 Å². The molecule has 0 aromatic heterocycles. The minimum absolute atomic E-state index is 0. The lowest BCUT2D eigenvalue weighted by molar-refractivity contribution is -0.124. The van der Waals surface area contributed by atoms with Crippen LogP contribution in [0.3, 0.4) is 0 Å². The highest BCUT2D eigenvalue weighted by Crippen LogP contribution is 2.28. The second-order valence-electron chi connectivity index (χ2n) is 5.83. The first-order valence-corrected chi connectivity index (χ1v) is 7.47. The van der Waals surface area contributed by atoms with Crippen LogP contribution in [0.25, 0.3) is 0 Å². The predicted octanol–water partition coefficient (Wildman–Crippen LogP) is 0.958. The highest BCUT2D eigenvalue weighted by Gasteiger charge is 2.29. The third kappa shape index (κ3) is 5.67. The van der Waals surface area contributed by atoms with E-state index in [4.69, 9.17) is 5.73 Å². The van der Waals surface area contributed by atoms with Crippen molar-refractivity contribution < 1.29 is 9.59 Å². The van der Waals surface area contributed by atoms with E-state index in [1.54, 1.807) is 0 Å². The second-order valence-corrected chi connectivity index (χ2v) is 5.83. The van der Waals surface area contributed by atoms with Crippen LogP contribution in [0, 0.1) is 11.8 Å². The van der Waals surface area contributed by atoms with Gasteiger partial charge in [-0.15, -0.1) is 12.4 Å². The summed E-state index contributed by atoms with van der Waals surface area (Å²) in [6.45, 7) is 1.04. The Morgan fingerprint density at radius 3 is 2.30 bits per heavy atom. The van der Waals surface area contributed by atoms with Crippen LogP contribution >= 0.6 is 12.4 Å². The summed E-state index contributed by atoms with van der Waals surface area (Å²) in [7, 11) is 0. The van der Waals surface area contributed by atoms with Crippen molar-refractivity contribution in [3.8, 4) is 0 Å². The molecule has 116 valence electrons. The number of amides is 2. The van der Waals surface area contributed by atoms with Crippen LogP contribution in [0.4, 0.5) is 0 Å². The fourth-order valence-electron chi connectivity index (χ4n) is 2.68. The molecule has 2 saturated carbocycles. The number of carbonyl (C=O) groups is 2. The maximum atomic E-state index is 11.8. The van der Waals surface area contributed by atoms with Gasteiger partial charge >= 0.3 is 0 Å². The van der Waals surface area contributed by atoms with E-state index >= 15 is 0 Å². The first kappa shape index (κ1) is 17.2. The summed E-state index contributed by atoms with van der Waals surface area (Å²) in [6.07, 6.45) is 7.02. The van der Waals surface area contributed by atoms with E-state index in [2.05, 4.69) is 10.6 Å². The zero-order valence-electron chi connectivity index (χ0n) is 11.9. The lowest BCUT2D eigenvalue weighted by Gasteiger charge is -2.27. The van der Waals surface area contributed by atoms with Crippen molar-refractivity contribution >= 4 is 24.2 Å². The summed E-state index contributed by atoms with van der Waals surface area (Å²) < 4.78 is 0. The molecule has 0 aliphatic heterocycles. The molecule has 20 heavy (non-hydrogen) atoms. The van der Waals surface area contributed by atoms with Gasteiger partial charge < -0.3 is 16.4 Å². The molecular formula is C14H26ClN3O2. The summed E-state index contributed by atoms with van der Waals surface area (Å²) in [4.78, 5) is 23.1. The average Bonchev–Trinajstić information content (AvgIpc) is 3.21. The Bertz CT molecular complexity index is 334. The zero-order valence-corrected chi connectivity index (χ0v) is 12.7. The van der Waals surface area contributed by atoms with Crippen LogP contribution in [0.15, 0.2) is 0 Å². The van der Waals surface area contributed by atoms with Gasteiger partial charge in [0, 0.05) is 31.5 Å². The highest BCUT2D eigenvalue weighted by molar-refractivity contribution is 5.85. The van der Waals surface area contributed by atoms with Gasteiger partial charge in [0.25, 0.3) is 0 Å². The molecule has 0 spiro atoms. The first-order valence-electron chi connectivity index (χ1n) is 7.47. The zero-order chi connectivity index (χ0) is 13.7. The Balaban J connectivity index is 0.00000200. The Hall–Kier alpha value is -0.810. The topological polar surface area (TPSA) is 84.2 Å². The van der Waals surface area contributed by atoms with Gasteiger partial charge in [-0.05, 0) is 31.6 Å². The molecular weight excluding hydrogens is 278 g/mol. The molecule has 0 saturated heterocycles. The third-order valence-corrected chi connectivity index (χ3v) is 4.11. The van der Waals surface area contributed by atoms with Crippen LogP contribution in [-0.2, 0) is 9.59 Å². The smallest absolute Gasteiger partial charge is 0.223 e. The molecule has 6 heteroatoms. The quantitative estimate of drug-likeness (QED) is 0.639. The SMILES string of the molecule is Cl.NC1CCCCC1CC(=O)NCCNC(=O)C1CC1. The van der Waals surface area contributed by atoms with Crippen molar-refractivity contribution in [1.29, 1.82) is 0 Å². The van der Waals surface area contributed by atoms with Gasteiger partial charge in [0.05, 0.1) is 0 Å². The van der Waals surface area contributed by atoms with E-state index in [9.17, 15) is 9.59 Å². The number of hydrogen-bond acceptors (Lipinski definition) is 3. The molecule has 5 nitrogen and oxygen atoms in total. The van der Waals surface area contributed by atoms with Crippen LogP contribution in [0.5, 0.6) is 0 Å². The van der Waals surface area contributed by atoms with Crippen molar-refractivity contribution in [3.05, 3.63) is 0 Å². The molecule has 0 radical (unpaired) electrons. The maximum absolute atomic E-state index is 11.8. The minimum atomic E-state index is 0. The fraction of sp³-hybridized carbons (Fsp3) is 0.857. The maximum Gasteiger partial charge on any atom is 0.223 e. The van der Waals surface area contributed by atoms with E-state index in [1.807, 2.05) is 0 Å². The molecule has 2 atom stereocenters. The Morgan fingerprint density at radius 1 is 1.00 bits per heavy atom. The van der Waals surface area contributed by atoms with Gasteiger partial charge in [0.1, 0.15) is 0 Å². The molecule has 0 heterocycles. The number of halogens is 1. The van der Waals surface area contributed by atoms with E-state index in [-0.39, 0.29) is 36.2 Å². The summed E-state index contributed by atoms with van der Waals surface area (Å²) >= 11 is 0. The predicted molar refractivity (Wildman–Crippen MR) is 80.5 cm³/mol. The van der Waals surface area contributed by atoms with Crippen molar-refractivity contribution in [1.82, 2.24) is 10.6 Å². The van der Waals surface area contributed by atoms with Gasteiger partial charge in [-0.25, -0.2) is 0 Å². The summed E-state index contributed by atoms with van der Waals surface area (Å²) in [5.41, 5.74) is 6.03. The van der Waals surface area contributed by atoms with Gasteiger partial charge in [0.15, 0.2) is 0 Å². The molecule has 2 aliphatic carbocycles. The monoisotopic (exact) mass is 303 g/mol. The van der Waals surface area contributed by atoms with Crippen molar-refractivity contribution in [3.63, 3.8) is 0 Å². The van der Waals surface area contributed by atoms with Gasteiger partial charge in [-0.3, -0.25) is 9.59 Å². The van der Waals surface area contributed by atoms with E-state index < -0.39 is 0 Å². The average molecular weight is 304 g/mol. The van der Waals surface area contributed by atoms with Crippen LogP contribution < -0.4 is 16.4 Å². The molecule has 2 aliphatic rings. The van der Waals surface area contributed by atoms with Gasteiger partial charge in [-0.2, -0.15) is 0 Å². The molecule has 0 aromatic carbocycles. The molecule has 2 amide bonds. The molecule has 0 aromatic rings. The summed E-state index contributed by atoms with van der Waals surface area (Å²) in [5, 5.41) is 5.69. The van der Waals surface area contributed by atoms with Crippen molar-refractivity contribution in [2.24, 2.45) is 17.6 Å². The number of rotatable bonds is 6. The number of nitrogens with two attached hydrogens (primary N) is 1. The lowest BCUT2D eigenvalue weighted by atomic mass is 9.83. The Morgan fingerprint density at radius 2 is 1.65 bits per heavy atom. The number of carbonyl (C=O) groups excluding carboxylic acids is 2. The normalized spacial score (nSPS) is 25.4. The molecule has 2 rings (SSSR count). The summed E-state index contributed by atoms with van der Waals surface area (Å²) in [6, 6.07) is 0.175. The van der Waals surface area contributed by atoms with Gasteiger partial charge in [-0.1, -0.05) is 12.8 Å². The summed E-state index contributed by atoms with van der Waals surface area (Å²) in [5.74, 6) is 0.748. The standard InChI is InChI=1S/C14H25N3O2.ClH/c15-12-4-2-1-3-11(12)9-13(18)16-7-8-17-14(19)10-5-6-10;/h10-12H,1-9,15H2,(H,16,18)(H,17,19);1H. The largest absolute Gasteiger partial charge is 0.354 e. The molecule has 2 fully saturated rings. The third-order valence-electron chi connectivity index (χ3n) is 4.11. The van der Waals surface area contributed by atoms with E-state index in [1.165, 1.54) is 12.8 Å². The molecule has 2 unspecified atom stereocenters. The molecule has 0 bridgehead atoms. The van der Waals surface area contributed by atoms with Gasteiger partial charge in [0.2, 0.25) is 11.8 Å². The fourth-order valence-corrected chi connectivity index (χ4v) is 2.68. The minimum Gasteiger partial charge on any atom is -0.354 e. The Kier molecular flexibility index (Phi) is 7.30. The number of nitrogens with one attached hydrogen (secondary N) is 2. The van der Waals surface area contributed by atoms with Crippen molar-refractivity contribution in [2.75, 3.05) is 13.1 Å².